The number of hydrogen-bond acceptors (Lipinski definition) is 3. The minimum atomic E-state index is -0.765. The number of amides is 2. The van der Waals surface area contributed by atoms with Crippen molar-refractivity contribution < 1.29 is 14.7 Å². The first-order valence-corrected chi connectivity index (χ1v) is 8.10. The van der Waals surface area contributed by atoms with Crippen molar-refractivity contribution in [2.24, 2.45) is 5.92 Å². The van der Waals surface area contributed by atoms with Crippen molar-refractivity contribution in [3.8, 4) is 0 Å². The van der Waals surface area contributed by atoms with E-state index >= 15 is 0 Å². The molecule has 1 rings (SSSR count). The Kier molecular flexibility index (Phi) is 7.82. The monoisotopic (exact) mass is 312 g/mol. The second-order valence-electron chi connectivity index (χ2n) is 5.31. The smallest absolute Gasteiger partial charge is 0.317 e. The summed E-state index contributed by atoms with van der Waals surface area (Å²) < 4.78 is 0. The van der Waals surface area contributed by atoms with Crippen LogP contribution in [0.1, 0.15) is 31.1 Å². The fraction of sp³-hybridized carbons (Fsp3) is 0.600. The van der Waals surface area contributed by atoms with Crippen LogP contribution in [0.15, 0.2) is 17.5 Å². The first kappa shape index (κ1) is 17.5. The number of likely N-dealkylation sites (N-methyl/N-ethyl adjacent to an activating group) is 1. The van der Waals surface area contributed by atoms with Crippen molar-refractivity contribution in [3.05, 3.63) is 22.4 Å². The van der Waals surface area contributed by atoms with E-state index in [2.05, 4.69) is 11.4 Å². The summed E-state index contributed by atoms with van der Waals surface area (Å²) in [4.78, 5) is 25.3. The van der Waals surface area contributed by atoms with E-state index in [1.807, 2.05) is 18.4 Å². The van der Waals surface area contributed by atoms with E-state index in [4.69, 9.17) is 5.11 Å². The Morgan fingerprint density at radius 1 is 1.43 bits per heavy atom. The molecule has 0 saturated heterocycles. The number of nitrogens with one attached hydrogen (secondary N) is 1. The molecule has 1 heterocycles. The molecule has 0 saturated carbocycles. The first-order valence-electron chi connectivity index (χ1n) is 7.22. The fourth-order valence-corrected chi connectivity index (χ4v) is 2.61. The summed E-state index contributed by atoms with van der Waals surface area (Å²) in [5, 5.41) is 13.5. The van der Waals surface area contributed by atoms with E-state index in [1.54, 1.807) is 23.3 Å². The van der Waals surface area contributed by atoms with Crippen LogP contribution in [-0.2, 0) is 11.2 Å². The van der Waals surface area contributed by atoms with Crippen LogP contribution in [0.2, 0.25) is 0 Å². The van der Waals surface area contributed by atoms with Crippen molar-refractivity contribution in [3.63, 3.8) is 0 Å². The summed E-state index contributed by atoms with van der Waals surface area (Å²) in [5.74, 6) is -0.461. The quantitative estimate of drug-likeness (QED) is 0.736. The zero-order chi connectivity index (χ0) is 15.7. The van der Waals surface area contributed by atoms with E-state index in [9.17, 15) is 9.59 Å². The average Bonchev–Trinajstić information content (AvgIpc) is 2.95. The van der Waals surface area contributed by atoms with Crippen LogP contribution >= 0.6 is 11.3 Å². The molecule has 0 aliphatic rings. The number of rotatable bonds is 9. The fourth-order valence-electron chi connectivity index (χ4n) is 1.91. The molecule has 5 nitrogen and oxygen atoms in total. The number of urea groups is 1. The van der Waals surface area contributed by atoms with Gasteiger partial charge in [0.2, 0.25) is 0 Å². The summed E-state index contributed by atoms with van der Waals surface area (Å²) in [7, 11) is 1.79. The number of carbonyl (C=O) groups is 2. The van der Waals surface area contributed by atoms with E-state index in [-0.39, 0.29) is 12.5 Å². The lowest BCUT2D eigenvalue weighted by atomic mass is 10.0. The molecule has 1 unspecified atom stereocenters. The minimum Gasteiger partial charge on any atom is -0.481 e. The Morgan fingerprint density at radius 3 is 2.81 bits per heavy atom. The Bertz CT molecular complexity index is 434. The zero-order valence-corrected chi connectivity index (χ0v) is 13.5. The third kappa shape index (κ3) is 7.70. The summed E-state index contributed by atoms with van der Waals surface area (Å²) in [6, 6.07) is 4.01. The maximum absolute atomic E-state index is 11.9. The Labute approximate surface area is 130 Å². The maximum Gasteiger partial charge on any atom is 0.317 e. The van der Waals surface area contributed by atoms with Crippen molar-refractivity contribution in [1.29, 1.82) is 0 Å². The molecule has 6 heteroatoms. The Hall–Kier alpha value is -1.56. The second kappa shape index (κ2) is 9.39. The lowest BCUT2D eigenvalue weighted by Crippen LogP contribution is -2.39. The molecule has 2 amide bonds. The summed E-state index contributed by atoms with van der Waals surface area (Å²) >= 11 is 1.70. The van der Waals surface area contributed by atoms with Crippen LogP contribution in [0.25, 0.3) is 0 Å². The van der Waals surface area contributed by atoms with Gasteiger partial charge in [0.1, 0.15) is 0 Å². The second-order valence-corrected chi connectivity index (χ2v) is 6.34. The number of carbonyl (C=O) groups excluding carboxylic acids is 1. The van der Waals surface area contributed by atoms with E-state index in [1.165, 1.54) is 4.88 Å². The van der Waals surface area contributed by atoms with Crippen molar-refractivity contribution in [2.75, 3.05) is 20.1 Å². The number of carboxylic acids is 1. The Balaban J connectivity index is 2.13. The van der Waals surface area contributed by atoms with Gasteiger partial charge in [-0.05, 0) is 36.6 Å². The van der Waals surface area contributed by atoms with Gasteiger partial charge in [0, 0.05) is 31.4 Å². The van der Waals surface area contributed by atoms with Crippen molar-refractivity contribution >= 4 is 23.3 Å². The number of aliphatic carboxylic acids is 1. The van der Waals surface area contributed by atoms with Gasteiger partial charge in [0.25, 0.3) is 0 Å². The van der Waals surface area contributed by atoms with E-state index in [0.29, 0.717) is 25.4 Å². The van der Waals surface area contributed by atoms with Gasteiger partial charge in [0.05, 0.1) is 0 Å². The summed E-state index contributed by atoms with van der Waals surface area (Å²) in [5.41, 5.74) is 0. The molecular formula is C15H24N2O3S. The van der Waals surface area contributed by atoms with E-state index in [0.717, 1.165) is 12.8 Å². The predicted molar refractivity (Wildman–Crippen MR) is 84.7 cm³/mol. The molecule has 0 aromatic carbocycles. The van der Waals surface area contributed by atoms with Gasteiger partial charge >= 0.3 is 12.0 Å². The average molecular weight is 312 g/mol. The van der Waals surface area contributed by atoms with E-state index < -0.39 is 5.97 Å². The standard InChI is InChI=1S/C15H24N2O3S/c1-12(5-6-14(18)19)7-9-16-15(20)17(2)10-8-13-4-3-11-21-13/h3-4,11-12H,5-10H2,1-2H3,(H,16,20)(H,18,19). The van der Waals surface area contributed by atoms with Crippen LogP contribution in [0, 0.1) is 5.92 Å². The molecule has 0 aliphatic heterocycles. The molecule has 0 bridgehead atoms. The topological polar surface area (TPSA) is 69.6 Å². The number of thiophene rings is 1. The molecule has 0 spiro atoms. The normalized spacial score (nSPS) is 11.9. The zero-order valence-electron chi connectivity index (χ0n) is 12.7. The Morgan fingerprint density at radius 2 is 2.19 bits per heavy atom. The van der Waals surface area contributed by atoms with Gasteiger partial charge in [-0.2, -0.15) is 0 Å². The molecule has 0 radical (unpaired) electrons. The van der Waals surface area contributed by atoms with Crippen molar-refractivity contribution in [1.82, 2.24) is 10.2 Å². The highest BCUT2D eigenvalue weighted by atomic mass is 32.1. The molecule has 1 aromatic rings. The van der Waals surface area contributed by atoms with Gasteiger partial charge < -0.3 is 15.3 Å². The van der Waals surface area contributed by atoms with Gasteiger partial charge in [-0.15, -0.1) is 11.3 Å². The third-order valence-electron chi connectivity index (χ3n) is 3.38. The summed E-state index contributed by atoms with van der Waals surface area (Å²) in [6.07, 6.45) is 2.52. The molecule has 0 fully saturated rings. The van der Waals surface area contributed by atoms with Gasteiger partial charge in [-0.1, -0.05) is 13.0 Å². The molecule has 1 aromatic heterocycles. The summed E-state index contributed by atoms with van der Waals surface area (Å²) in [6.45, 7) is 3.29. The maximum atomic E-state index is 11.9. The van der Waals surface area contributed by atoms with Gasteiger partial charge in [-0.25, -0.2) is 4.79 Å². The largest absolute Gasteiger partial charge is 0.481 e. The molecular weight excluding hydrogens is 288 g/mol. The van der Waals surface area contributed by atoms with Crippen LogP contribution in [0.3, 0.4) is 0 Å². The molecule has 0 aliphatic carbocycles. The highest BCUT2D eigenvalue weighted by Gasteiger charge is 2.10. The van der Waals surface area contributed by atoms with Crippen LogP contribution in [0.5, 0.6) is 0 Å². The molecule has 2 N–H and O–H groups in total. The predicted octanol–water partition coefficient (Wildman–Crippen LogP) is 2.82. The molecule has 1 atom stereocenters. The highest BCUT2D eigenvalue weighted by Crippen LogP contribution is 2.10. The molecule has 118 valence electrons. The minimum absolute atomic E-state index is 0.0722. The first-order chi connectivity index (χ1) is 9.99. The van der Waals surface area contributed by atoms with Crippen LogP contribution < -0.4 is 5.32 Å². The highest BCUT2D eigenvalue weighted by molar-refractivity contribution is 7.09. The van der Waals surface area contributed by atoms with Crippen molar-refractivity contribution in [2.45, 2.75) is 32.6 Å². The lowest BCUT2D eigenvalue weighted by Gasteiger charge is -2.18. The number of hydrogen-bond donors (Lipinski definition) is 2. The van der Waals surface area contributed by atoms with Crippen LogP contribution in [-0.4, -0.2) is 42.1 Å². The SMILES string of the molecule is CC(CCNC(=O)N(C)CCc1cccs1)CCC(=O)O. The number of carboxylic acid groups (broad SMARTS) is 1. The van der Waals surface area contributed by atoms with Crippen LogP contribution in [0.4, 0.5) is 4.79 Å². The van der Waals surface area contributed by atoms with Gasteiger partial charge in [-0.3, -0.25) is 4.79 Å². The van der Waals surface area contributed by atoms with Gasteiger partial charge in [0.15, 0.2) is 0 Å². The number of nitrogens with zero attached hydrogens (tertiary/aromatic N) is 1. The molecule has 21 heavy (non-hydrogen) atoms. The third-order valence-corrected chi connectivity index (χ3v) is 4.32. The lowest BCUT2D eigenvalue weighted by molar-refractivity contribution is -0.137.